The number of esters is 1. The van der Waals surface area contributed by atoms with Crippen molar-refractivity contribution in [3.8, 4) is 0 Å². The van der Waals surface area contributed by atoms with Crippen molar-refractivity contribution in [3.63, 3.8) is 0 Å². The van der Waals surface area contributed by atoms with Crippen LogP contribution in [0.4, 0.5) is 0 Å². The Morgan fingerprint density at radius 1 is 1.00 bits per heavy atom. The molecule has 6 rings (SSSR count). The van der Waals surface area contributed by atoms with Crippen molar-refractivity contribution in [2.24, 2.45) is 50.7 Å². The Labute approximate surface area is 290 Å². The summed E-state index contributed by atoms with van der Waals surface area (Å²) in [6, 6.07) is 0. The molecule has 8 nitrogen and oxygen atoms in total. The van der Waals surface area contributed by atoms with E-state index in [4.69, 9.17) is 4.74 Å². The second-order valence-corrected chi connectivity index (χ2v) is 19.2. The van der Waals surface area contributed by atoms with Gasteiger partial charge in [0, 0.05) is 11.8 Å². The van der Waals surface area contributed by atoms with Crippen LogP contribution in [0.3, 0.4) is 0 Å². The van der Waals surface area contributed by atoms with E-state index in [0.717, 1.165) is 56.9 Å². The van der Waals surface area contributed by atoms with Crippen LogP contribution in [-0.2, 0) is 19.1 Å². The Bertz CT molecular complexity index is 1540. The SMILES string of the molecule is CC(C)C1=C2C3CCC4[C@@]5(C)CC[C@H](OC(=O)CC(C)(C)C(=O)O)C(C)(C)C5CC[C@@]4(C)[C@]3(C)CC[C@@]2(NC(=O)c2cncs2)CC1=O. The van der Waals surface area contributed by atoms with Gasteiger partial charge >= 0.3 is 11.9 Å². The van der Waals surface area contributed by atoms with E-state index < -0.39 is 22.9 Å². The van der Waals surface area contributed by atoms with Gasteiger partial charge in [0.15, 0.2) is 5.78 Å². The van der Waals surface area contributed by atoms with Crippen LogP contribution in [0.2, 0.25) is 0 Å². The molecule has 5 aliphatic rings. The Balaban J connectivity index is 1.30. The number of rotatable bonds is 7. The van der Waals surface area contributed by atoms with Gasteiger partial charge in [0.1, 0.15) is 11.0 Å². The monoisotopic (exact) mass is 680 g/mol. The molecule has 1 aromatic rings. The predicted molar refractivity (Wildman–Crippen MR) is 185 cm³/mol. The number of nitrogens with one attached hydrogen (secondary N) is 1. The molecule has 3 unspecified atom stereocenters. The van der Waals surface area contributed by atoms with E-state index >= 15 is 0 Å². The van der Waals surface area contributed by atoms with Crippen molar-refractivity contribution in [2.75, 3.05) is 0 Å². The van der Waals surface area contributed by atoms with Crippen LogP contribution >= 0.6 is 11.3 Å². The summed E-state index contributed by atoms with van der Waals surface area (Å²) in [4.78, 5) is 56.8. The lowest BCUT2D eigenvalue weighted by atomic mass is 9.33. The molecule has 2 N–H and O–H groups in total. The number of fused-ring (bicyclic) bond motifs is 7. The van der Waals surface area contributed by atoms with Crippen molar-refractivity contribution >= 4 is 35.0 Å². The van der Waals surface area contributed by atoms with Crippen molar-refractivity contribution < 1.29 is 29.0 Å². The molecule has 1 heterocycles. The number of carboxylic acid groups (broad SMARTS) is 1. The van der Waals surface area contributed by atoms with Crippen LogP contribution in [0, 0.1) is 50.7 Å². The molecule has 0 aliphatic heterocycles. The molecule has 0 spiro atoms. The Morgan fingerprint density at radius 2 is 1.71 bits per heavy atom. The van der Waals surface area contributed by atoms with Gasteiger partial charge in [0.25, 0.3) is 5.91 Å². The van der Waals surface area contributed by atoms with Crippen molar-refractivity contribution in [1.29, 1.82) is 0 Å². The molecule has 0 saturated heterocycles. The summed E-state index contributed by atoms with van der Waals surface area (Å²) in [5.41, 5.74) is 1.88. The van der Waals surface area contributed by atoms with E-state index in [0.29, 0.717) is 23.1 Å². The second kappa shape index (κ2) is 11.5. The first-order valence-corrected chi connectivity index (χ1v) is 19.0. The maximum Gasteiger partial charge on any atom is 0.309 e. The maximum absolute atomic E-state index is 13.8. The summed E-state index contributed by atoms with van der Waals surface area (Å²) < 4.78 is 6.14. The third-order valence-electron chi connectivity index (χ3n) is 14.8. The molecule has 0 radical (unpaired) electrons. The van der Waals surface area contributed by atoms with E-state index in [9.17, 15) is 24.3 Å². The number of aromatic nitrogens is 1. The average molecular weight is 681 g/mol. The van der Waals surface area contributed by atoms with Gasteiger partial charge < -0.3 is 15.2 Å². The number of carbonyl (C=O) groups excluding carboxylic acids is 3. The number of thiazole rings is 1. The van der Waals surface area contributed by atoms with Crippen LogP contribution in [0.5, 0.6) is 0 Å². The summed E-state index contributed by atoms with van der Waals surface area (Å²) >= 11 is 1.34. The molecule has 1 amide bonds. The number of carbonyl (C=O) groups is 4. The highest BCUT2D eigenvalue weighted by Gasteiger charge is 2.70. The first kappa shape index (κ1) is 35.3. The number of ketones is 1. The van der Waals surface area contributed by atoms with Crippen molar-refractivity contribution in [3.05, 3.63) is 27.7 Å². The first-order chi connectivity index (χ1) is 22.2. The minimum atomic E-state index is -1.17. The van der Waals surface area contributed by atoms with Crippen molar-refractivity contribution in [2.45, 2.75) is 138 Å². The predicted octanol–water partition coefficient (Wildman–Crippen LogP) is 8.02. The van der Waals surface area contributed by atoms with Crippen LogP contribution in [0.1, 0.15) is 136 Å². The van der Waals surface area contributed by atoms with Crippen LogP contribution in [0.25, 0.3) is 0 Å². The number of aliphatic carboxylic acids is 1. The number of allylic oxidation sites excluding steroid dienone is 1. The minimum absolute atomic E-state index is 0.0292. The number of amides is 1. The van der Waals surface area contributed by atoms with Crippen LogP contribution in [-0.4, -0.2) is 45.4 Å². The Kier molecular flexibility index (Phi) is 8.45. The molecule has 48 heavy (non-hydrogen) atoms. The molecule has 8 atom stereocenters. The van der Waals surface area contributed by atoms with Gasteiger partial charge in [-0.05, 0) is 116 Å². The molecule has 1 aromatic heterocycles. The second-order valence-electron chi connectivity index (χ2n) is 18.3. The number of hydrogen-bond acceptors (Lipinski definition) is 7. The lowest BCUT2D eigenvalue weighted by Gasteiger charge is -2.72. The lowest BCUT2D eigenvalue weighted by Crippen LogP contribution is -2.67. The number of carboxylic acids is 1. The zero-order valence-corrected chi connectivity index (χ0v) is 31.3. The van der Waals surface area contributed by atoms with E-state index in [2.05, 4.69) is 58.8 Å². The van der Waals surface area contributed by atoms with Gasteiger partial charge in [0.2, 0.25) is 0 Å². The minimum Gasteiger partial charge on any atom is -0.481 e. The van der Waals surface area contributed by atoms with Crippen molar-refractivity contribution in [1.82, 2.24) is 10.3 Å². The third kappa shape index (κ3) is 5.06. The molecule has 264 valence electrons. The number of nitrogens with zero attached hydrogens (tertiary/aromatic N) is 1. The number of Topliss-reactive ketones (excluding diaryl/α,β-unsaturated/α-hetero) is 1. The fourth-order valence-electron chi connectivity index (χ4n) is 12.2. The largest absolute Gasteiger partial charge is 0.481 e. The van der Waals surface area contributed by atoms with E-state index in [-0.39, 0.29) is 57.7 Å². The summed E-state index contributed by atoms with van der Waals surface area (Å²) in [5.74, 6) is -0.198. The molecule has 0 bridgehead atoms. The van der Waals surface area contributed by atoms with Gasteiger partial charge in [-0.25, -0.2) is 0 Å². The van der Waals surface area contributed by atoms with Gasteiger partial charge in [-0.1, -0.05) is 48.5 Å². The molecule has 4 saturated carbocycles. The van der Waals surface area contributed by atoms with Gasteiger partial charge in [0.05, 0.1) is 29.1 Å². The molecule has 5 aliphatic carbocycles. The van der Waals surface area contributed by atoms with E-state index in [1.165, 1.54) is 16.9 Å². The molecular weight excluding hydrogens is 625 g/mol. The van der Waals surface area contributed by atoms with Crippen LogP contribution < -0.4 is 5.32 Å². The lowest BCUT2D eigenvalue weighted by molar-refractivity contribution is -0.232. The topological polar surface area (TPSA) is 123 Å². The Morgan fingerprint density at radius 3 is 2.33 bits per heavy atom. The standard InChI is InChI=1S/C39H56N2O6S/c1-22(2)30-24(42)18-39(41-32(44)25-20-40-21-48-25)17-16-37(8)23(31(30)39)10-11-27-36(7)14-13-28(47-29(43)19-34(3,4)33(45)46)35(5,6)26(36)12-15-38(27,37)9/h20-23,26-28H,10-19H2,1-9H3,(H,41,44)(H,45,46)/t23?,26?,27?,28-,36-,37+,38+,39+/m0/s1. The molecule has 4 fully saturated rings. The fourth-order valence-corrected chi connectivity index (χ4v) is 12.7. The molecular formula is C39H56N2O6S. The van der Waals surface area contributed by atoms with Gasteiger partial charge in [-0.3, -0.25) is 24.2 Å². The Hall–Kier alpha value is -2.55. The van der Waals surface area contributed by atoms with E-state index in [1.807, 2.05) is 0 Å². The quantitative estimate of drug-likeness (QED) is 0.280. The molecule has 9 heteroatoms. The number of ether oxygens (including phenoxy) is 1. The van der Waals surface area contributed by atoms with Crippen LogP contribution in [0.15, 0.2) is 22.9 Å². The summed E-state index contributed by atoms with van der Waals surface area (Å²) in [7, 11) is 0. The highest BCUT2D eigenvalue weighted by atomic mass is 32.1. The molecule has 0 aromatic carbocycles. The maximum atomic E-state index is 13.8. The zero-order valence-electron chi connectivity index (χ0n) is 30.5. The van der Waals surface area contributed by atoms with E-state index in [1.54, 1.807) is 25.6 Å². The number of hydrogen-bond donors (Lipinski definition) is 2. The highest BCUT2D eigenvalue weighted by molar-refractivity contribution is 7.11. The first-order valence-electron chi connectivity index (χ1n) is 18.2. The third-order valence-corrected chi connectivity index (χ3v) is 15.6. The normalized spacial score (nSPS) is 38.8. The summed E-state index contributed by atoms with van der Waals surface area (Å²) in [6.45, 7) is 19.5. The summed E-state index contributed by atoms with van der Waals surface area (Å²) in [6.07, 6.45) is 9.22. The van der Waals surface area contributed by atoms with Gasteiger partial charge in [-0.15, -0.1) is 11.3 Å². The smallest absolute Gasteiger partial charge is 0.309 e. The summed E-state index contributed by atoms with van der Waals surface area (Å²) in [5, 5.41) is 13.0. The average Bonchev–Trinajstić information content (AvgIpc) is 3.61. The zero-order chi connectivity index (χ0) is 35.2. The fraction of sp³-hybridized carbons (Fsp3) is 0.769. The van der Waals surface area contributed by atoms with Gasteiger partial charge in [-0.2, -0.15) is 0 Å². The highest BCUT2D eigenvalue weighted by Crippen LogP contribution is 2.76.